The Morgan fingerprint density at radius 3 is 2.80 bits per heavy atom. The summed E-state index contributed by atoms with van der Waals surface area (Å²) in [6.07, 6.45) is 2.86. The molecule has 1 heterocycles. The maximum Gasteiger partial charge on any atom is 0.282 e. The van der Waals surface area contributed by atoms with E-state index in [-0.39, 0.29) is 11.3 Å². The van der Waals surface area contributed by atoms with Crippen LogP contribution in [0.5, 0.6) is 0 Å². The van der Waals surface area contributed by atoms with Crippen LogP contribution in [0.15, 0.2) is 36.7 Å². The van der Waals surface area contributed by atoms with E-state index < -0.39 is 10.8 Å². The van der Waals surface area contributed by atoms with Gasteiger partial charge in [0.05, 0.1) is 21.8 Å². The lowest BCUT2D eigenvalue weighted by molar-refractivity contribution is -0.385. The van der Waals surface area contributed by atoms with Crippen molar-refractivity contribution < 1.29 is 9.72 Å². The van der Waals surface area contributed by atoms with Crippen LogP contribution in [0.1, 0.15) is 15.9 Å². The molecule has 0 bridgehead atoms. The minimum Gasteiger partial charge on any atom is -0.319 e. The molecule has 102 valence electrons. The van der Waals surface area contributed by atoms with Gasteiger partial charge in [0, 0.05) is 12.3 Å². The highest BCUT2D eigenvalue weighted by atomic mass is 35.5. The van der Waals surface area contributed by atoms with Crippen LogP contribution in [0, 0.1) is 17.0 Å². The molecule has 2 aromatic rings. The molecule has 0 saturated heterocycles. The van der Waals surface area contributed by atoms with Gasteiger partial charge in [-0.15, -0.1) is 0 Å². The number of amides is 1. The Kier molecular flexibility index (Phi) is 3.95. The molecule has 0 spiro atoms. The van der Waals surface area contributed by atoms with Crippen LogP contribution in [0.25, 0.3) is 0 Å². The quantitative estimate of drug-likeness (QED) is 0.695. The van der Waals surface area contributed by atoms with Gasteiger partial charge in [-0.2, -0.15) is 0 Å². The Morgan fingerprint density at radius 2 is 2.15 bits per heavy atom. The van der Waals surface area contributed by atoms with Gasteiger partial charge in [-0.25, -0.2) is 0 Å². The third-order valence-electron chi connectivity index (χ3n) is 2.69. The summed E-state index contributed by atoms with van der Waals surface area (Å²) in [5.41, 5.74) is 0.577. The third-order valence-corrected chi connectivity index (χ3v) is 3.02. The fourth-order valence-electron chi connectivity index (χ4n) is 1.75. The van der Waals surface area contributed by atoms with E-state index in [1.165, 1.54) is 30.6 Å². The summed E-state index contributed by atoms with van der Waals surface area (Å²) in [6.45, 7) is 1.63. The van der Waals surface area contributed by atoms with Crippen LogP contribution in [-0.2, 0) is 0 Å². The van der Waals surface area contributed by atoms with E-state index in [0.29, 0.717) is 16.3 Å². The number of pyridine rings is 1. The predicted molar refractivity (Wildman–Crippen MR) is 75.0 cm³/mol. The maximum absolute atomic E-state index is 12.2. The van der Waals surface area contributed by atoms with Crippen molar-refractivity contribution in [1.29, 1.82) is 0 Å². The minimum absolute atomic E-state index is 0.0115. The summed E-state index contributed by atoms with van der Waals surface area (Å²) in [7, 11) is 0. The molecule has 1 aromatic heterocycles. The van der Waals surface area contributed by atoms with E-state index >= 15 is 0 Å². The van der Waals surface area contributed by atoms with Crippen molar-refractivity contribution >= 4 is 28.9 Å². The van der Waals surface area contributed by atoms with Crippen molar-refractivity contribution in [1.82, 2.24) is 4.98 Å². The Labute approximate surface area is 119 Å². The molecular weight excluding hydrogens is 282 g/mol. The monoisotopic (exact) mass is 291 g/mol. The molecule has 0 fully saturated rings. The Hall–Kier alpha value is -2.47. The van der Waals surface area contributed by atoms with Gasteiger partial charge in [0.1, 0.15) is 5.56 Å². The molecule has 2 rings (SSSR count). The molecule has 0 aliphatic carbocycles. The molecule has 0 atom stereocenters. The van der Waals surface area contributed by atoms with Gasteiger partial charge in [-0.3, -0.25) is 19.9 Å². The molecule has 0 saturated carbocycles. The Balaban J connectivity index is 2.40. The number of rotatable bonds is 3. The lowest BCUT2D eigenvalue weighted by atomic mass is 10.1. The van der Waals surface area contributed by atoms with Gasteiger partial charge < -0.3 is 5.32 Å². The van der Waals surface area contributed by atoms with Crippen molar-refractivity contribution in [2.24, 2.45) is 0 Å². The van der Waals surface area contributed by atoms with Crippen LogP contribution < -0.4 is 5.32 Å². The van der Waals surface area contributed by atoms with E-state index in [0.717, 1.165) is 0 Å². The second-order valence-electron chi connectivity index (χ2n) is 4.04. The molecule has 0 unspecified atom stereocenters. The van der Waals surface area contributed by atoms with Crippen LogP contribution in [0.2, 0.25) is 5.02 Å². The van der Waals surface area contributed by atoms with Crippen LogP contribution in [0.3, 0.4) is 0 Å². The van der Waals surface area contributed by atoms with Crippen molar-refractivity contribution in [3.05, 3.63) is 62.9 Å². The van der Waals surface area contributed by atoms with Crippen LogP contribution in [0.4, 0.5) is 11.4 Å². The number of hydrogen-bond donors (Lipinski definition) is 1. The number of nitrogens with one attached hydrogen (secondary N) is 1. The minimum atomic E-state index is -0.593. The fourth-order valence-corrected chi connectivity index (χ4v) is 1.91. The number of carbonyl (C=O) groups is 1. The number of nitrogens with zero attached hydrogens (tertiary/aromatic N) is 2. The number of hydrogen-bond acceptors (Lipinski definition) is 4. The van der Waals surface area contributed by atoms with E-state index in [2.05, 4.69) is 10.3 Å². The number of anilines is 1. The number of aromatic nitrogens is 1. The highest BCUT2D eigenvalue weighted by Gasteiger charge is 2.22. The normalized spacial score (nSPS) is 10.1. The lowest BCUT2D eigenvalue weighted by Crippen LogP contribution is -2.15. The van der Waals surface area contributed by atoms with Gasteiger partial charge in [-0.1, -0.05) is 23.7 Å². The molecule has 0 aliphatic rings. The lowest BCUT2D eigenvalue weighted by Gasteiger charge is -2.08. The molecule has 1 aromatic carbocycles. The Morgan fingerprint density at radius 1 is 1.40 bits per heavy atom. The number of carbonyl (C=O) groups excluding carboxylic acids is 1. The number of aryl methyl sites for hydroxylation is 1. The van der Waals surface area contributed by atoms with Gasteiger partial charge >= 0.3 is 0 Å². The smallest absolute Gasteiger partial charge is 0.282 e. The van der Waals surface area contributed by atoms with Crippen LogP contribution in [-0.4, -0.2) is 15.8 Å². The summed E-state index contributed by atoms with van der Waals surface area (Å²) < 4.78 is 0. The van der Waals surface area contributed by atoms with E-state index in [1.54, 1.807) is 13.0 Å². The highest BCUT2D eigenvalue weighted by molar-refractivity contribution is 6.33. The molecule has 1 N–H and O–H groups in total. The average molecular weight is 292 g/mol. The van der Waals surface area contributed by atoms with E-state index in [1.807, 2.05) is 0 Å². The standard InChI is InChI=1S/C13H10ClN3O3/c1-8-3-2-4-11(17(19)20)12(8)13(18)16-10-7-15-6-5-9(10)14/h2-7H,1H3,(H,16,18). The first-order chi connectivity index (χ1) is 9.50. The van der Waals surface area contributed by atoms with Gasteiger partial charge in [0.2, 0.25) is 0 Å². The molecule has 6 nitrogen and oxygen atoms in total. The summed E-state index contributed by atoms with van der Waals surface area (Å²) in [4.78, 5) is 26.4. The summed E-state index contributed by atoms with van der Waals surface area (Å²) >= 11 is 5.91. The molecule has 0 aliphatic heterocycles. The zero-order valence-corrected chi connectivity index (χ0v) is 11.2. The summed E-state index contributed by atoms with van der Waals surface area (Å²) in [5, 5.41) is 13.8. The van der Waals surface area contributed by atoms with Crippen molar-refractivity contribution in [2.75, 3.05) is 5.32 Å². The second kappa shape index (κ2) is 5.66. The second-order valence-corrected chi connectivity index (χ2v) is 4.44. The van der Waals surface area contributed by atoms with Gasteiger partial charge in [0.15, 0.2) is 0 Å². The number of halogens is 1. The van der Waals surface area contributed by atoms with Gasteiger partial charge in [-0.05, 0) is 18.6 Å². The molecule has 1 amide bonds. The number of benzene rings is 1. The first-order valence-electron chi connectivity index (χ1n) is 5.65. The zero-order chi connectivity index (χ0) is 14.7. The van der Waals surface area contributed by atoms with Gasteiger partial charge in [0.25, 0.3) is 11.6 Å². The number of nitro groups is 1. The van der Waals surface area contributed by atoms with Crippen molar-refractivity contribution in [2.45, 2.75) is 6.92 Å². The Bertz CT molecular complexity index is 688. The van der Waals surface area contributed by atoms with E-state index in [9.17, 15) is 14.9 Å². The first kappa shape index (κ1) is 14.0. The predicted octanol–water partition coefficient (Wildman–Crippen LogP) is 3.20. The first-order valence-corrected chi connectivity index (χ1v) is 6.03. The largest absolute Gasteiger partial charge is 0.319 e. The molecule has 0 radical (unpaired) electrons. The molecular formula is C13H10ClN3O3. The third kappa shape index (κ3) is 2.75. The summed E-state index contributed by atoms with van der Waals surface area (Å²) in [5.74, 6) is -0.593. The number of nitro benzene ring substituents is 1. The topological polar surface area (TPSA) is 85.1 Å². The van der Waals surface area contributed by atoms with Crippen LogP contribution >= 0.6 is 11.6 Å². The average Bonchev–Trinajstić information content (AvgIpc) is 2.40. The van der Waals surface area contributed by atoms with E-state index in [4.69, 9.17) is 11.6 Å². The van der Waals surface area contributed by atoms with Crippen molar-refractivity contribution in [3.8, 4) is 0 Å². The maximum atomic E-state index is 12.2. The summed E-state index contributed by atoms with van der Waals surface area (Å²) in [6, 6.07) is 5.96. The SMILES string of the molecule is Cc1cccc([N+](=O)[O-])c1C(=O)Nc1cnccc1Cl. The molecule has 7 heteroatoms. The zero-order valence-electron chi connectivity index (χ0n) is 10.5. The van der Waals surface area contributed by atoms with Crippen molar-refractivity contribution in [3.63, 3.8) is 0 Å². The fraction of sp³-hybridized carbons (Fsp3) is 0.0769. The highest BCUT2D eigenvalue weighted by Crippen LogP contribution is 2.25. The molecule has 20 heavy (non-hydrogen) atoms.